The molecule has 0 fully saturated rings. The molecule has 40 heavy (non-hydrogen) atoms. The first-order valence-corrected chi connectivity index (χ1v) is 13.5. The molecule has 3 aromatic carbocycles. The Hall–Kier alpha value is -4.30. The normalized spacial score (nSPS) is 11.7. The minimum absolute atomic E-state index is 0.0890. The molecule has 0 saturated heterocycles. The van der Waals surface area contributed by atoms with Gasteiger partial charge in [0.2, 0.25) is 5.91 Å². The molecule has 0 aliphatic heterocycles. The Morgan fingerprint density at radius 3 is 2.45 bits per heavy atom. The van der Waals surface area contributed by atoms with Crippen molar-refractivity contribution < 1.29 is 23.8 Å². The number of methoxy groups -OCH3 is 2. The van der Waals surface area contributed by atoms with Crippen LogP contribution in [-0.2, 0) is 33.6 Å². The van der Waals surface area contributed by atoms with Crippen LogP contribution in [0.2, 0.25) is 0 Å². The molecule has 4 aromatic rings. The lowest BCUT2D eigenvalue weighted by Crippen LogP contribution is -2.46. The highest BCUT2D eigenvalue weighted by Crippen LogP contribution is 2.20. The summed E-state index contributed by atoms with van der Waals surface area (Å²) >= 11 is 0. The zero-order chi connectivity index (χ0) is 28.2. The third kappa shape index (κ3) is 8.35. The van der Waals surface area contributed by atoms with Gasteiger partial charge in [-0.2, -0.15) is 0 Å². The summed E-state index contributed by atoms with van der Waals surface area (Å²) in [6.07, 6.45) is 4.20. The number of aromatic nitrogens is 1. The van der Waals surface area contributed by atoms with Crippen molar-refractivity contribution in [2.24, 2.45) is 0 Å². The van der Waals surface area contributed by atoms with Crippen LogP contribution < -0.4 is 20.1 Å². The number of nitrogens with one attached hydrogen (secondary N) is 3. The molecule has 1 unspecified atom stereocenters. The van der Waals surface area contributed by atoms with Crippen molar-refractivity contribution in [3.63, 3.8) is 0 Å². The third-order valence-corrected chi connectivity index (χ3v) is 6.75. The summed E-state index contributed by atoms with van der Waals surface area (Å²) in [7, 11) is 3.30. The van der Waals surface area contributed by atoms with E-state index in [1.54, 1.807) is 14.2 Å². The zero-order valence-electron chi connectivity index (χ0n) is 23.1. The van der Waals surface area contributed by atoms with Crippen LogP contribution in [0.15, 0.2) is 79.0 Å². The van der Waals surface area contributed by atoms with E-state index >= 15 is 0 Å². The predicted molar refractivity (Wildman–Crippen MR) is 156 cm³/mol. The molecule has 0 bridgehead atoms. The number of carbonyl (C=O) groups is 2. The van der Waals surface area contributed by atoms with E-state index in [1.165, 1.54) is 0 Å². The van der Waals surface area contributed by atoms with E-state index in [2.05, 4.69) is 15.6 Å². The van der Waals surface area contributed by atoms with Gasteiger partial charge in [0.25, 0.3) is 5.91 Å². The first kappa shape index (κ1) is 28.7. The molecule has 1 heterocycles. The average molecular weight is 544 g/mol. The van der Waals surface area contributed by atoms with E-state index in [9.17, 15) is 9.59 Å². The molecule has 3 N–H and O–H groups in total. The van der Waals surface area contributed by atoms with Gasteiger partial charge in [-0.25, -0.2) is 0 Å². The zero-order valence-corrected chi connectivity index (χ0v) is 23.1. The number of H-pyrrole nitrogens is 1. The first-order chi connectivity index (χ1) is 19.6. The number of fused-ring (bicyclic) bond motifs is 1. The molecule has 8 nitrogen and oxygen atoms in total. The van der Waals surface area contributed by atoms with Crippen LogP contribution in [0.25, 0.3) is 10.9 Å². The smallest absolute Gasteiger partial charge is 0.258 e. The maximum absolute atomic E-state index is 12.9. The predicted octanol–water partition coefficient (Wildman–Crippen LogP) is 4.22. The lowest BCUT2D eigenvalue weighted by Gasteiger charge is -2.20. The van der Waals surface area contributed by atoms with Crippen LogP contribution in [0.3, 0.4) is 0 Å². The van der Waals surface area contributed by atoms with Gasteiger partial charge >= 0.3 is 0 Å². The lowest BCUT2D eigenvalue weighted by atomic mass is 10.0. The molecule has 8 heteroatoms. The molecule has 1 aromatic heterocycles. The molecular weight excluding hydrogens is 506 g/mol. The van der Waals surface area contributed by atoms with Crippen LogP contribution in [0.4, 0.5) is 0 Å². The van der Waals surface area contributed by atoms with Crippen molar-refractivity contribution >= 4 is 22.7 Å². The highest BCUT2D eigenvalue weighted by Gasteiger charge is 2.17. The van der Waals surface area contributed by atoms with Gasteiger partial charge in [-0.1, -0.05) is 48.5 Å². The van der Waals surface area contributed by atoms with E-state index in [-0.39, 0.29) is 24.5 Å². The van der Waals surface area contributed by atoms with Crippen molar-refractivity contribution in [1.82, 2.24) is 15.6 Å². The van der Waals surface area contributed by atoms with E-state index in [0.717, 1.165) is 39.8 Å². The van der Waals surface area contributed by atoms with Gasteiger partial charge in [0, 0.05) is 37.2 Å². The number of hydrogen-bond donors (Lipinski definition) is 3. The van der Waals surface area contributed by atoms with Gasteiger partial charge in [-0.05, 0) is 60.2 Å². The monoisotopic (exact) mass is 543 g/mol. The molecule has 0 aliphatic rings. The highest BCUT2D eigenvalue weighted by atomic mass is 16.5. The minimum Gasteiger partial charge on any atom is -0.496 e. The Balaban J connectivity index is 1.34. The van der Waals surface area contributed by atoms with Crippen molar-refractivity contribution in [3.05, 3.63) is 95.7 Å². The number of aryl methyl sites for hydroxylation is 1. The van der Waals surface area contributed by atoms with Crippen LogP contribution in [0.1, 0.15) is 23.1 Å². The molecule has 2 amide bonds. The molecule has 0 saturated carbocycles. The highest BCUT2D eigenvalue weighted by molar-refractivity contribution is 5.83. The number of aromatic amines is 1. The van der Waals surface area contributed by atoms with Crippen LogP contribution >= 0.6 is 0 Å². The van der Waals surface area contributed by atoms with Crippen molar-refractivity contribution in [1.29, 1.82) is 0 Å². The second-order valence-corrected chi connectivity index (χ2v) is 9.62. The second-order valence-electron chi connectivity index (χ2n) is 9.62. The summed E-state index contributed by atoms with van der Waals surface area (Å²) in [6, 6.07) is 23.0. The van der Waals surface area contributed by atoms with Crippen molar-refractivity contribution in [2.45, 2.75) is 31.7 Å². The third-order valence-electron chi connectivity index (χ3n) is 6.75. The van der Waals surface area contributed by atoms with Crippen LogP contribution in [-0.4, -0.2) is 56.8 Å². The fourth-order valence-corrected chi connectivity index (χ4v) is 4.61. The molecule has 0 spiro atoms. The Morgan fingerprint density at radius 2 is 1.65 bits per heavy atom. The molecule has 4 rings (SSSR count). The molecule has 210 valence electrons. The van der Waals surface area contributed by atoms with E-state index in [0.29, 0.717) is 38.2 Å². The van der Waals surface area contributed by atoms with E-state index in [4.69, 9.17) is 14.2 Å². The van der Waals surface area contributed by atoms with Gasteiger partial charge in [-0.15, -0.1) is 0 Å². The number of ether oxygens (including phenoxy) is 3. The quantitative estimate of drug-likeness (QED) is 0.208. The van der Waals surface area contributed by atoms with E-state index < -0.39 is 0 Å². The number of hydrogen-bond acceptors (Lipinski definition) is 5. The van der Waals surface area contributed by atoms with Crippen molar-refractivity contribution in [3.8, 4) is 11.5 Å². The van der Waals surface area contributed by atoms with Crippen LogP contribution in [0, 0.1) is 0 Å². The van der Waals surface area contributed by atoms with Gasteiger partial charge < -0.3 is 29.8 Å². The molecule has 0 radical (unpaired) electrons. The van der Waals surface area contributed by atoms with Crippen LogP contribution in [0.5, 0.6) is 11.5 Å². The fraction of sp³-hybridized carbons (Fsp3) is 0.312. The summed E-state index contributed by atoms with van der Waals surface area (Å²) in [6.45, 7) is 0.825. The first-order valence-electron chi connectivity index (χ1n) is 13.5. The fourth-order valence-electron chi connectivity index (χ4n) is 4.61. The summed E-state index contributed by atoms with van der Waals surface area (Å²) < 4.78 is 16.2. The van der Waals surface area contributed by atoms with Gasteiger partial charge in [0.1, 0.15) is 11.5 Å². The Morgan fingerprint density at radius 1 is 0.875 bits per heavy atom. The average Bonchev–Trinajstić information content (AvgIpc) is 3.40. The van der Waals surface area contributed by atoms with E-state index in [1.807, 2.05) is 79.0 Å². The number of amides is 2. The summed E-state index contributed by atoms with van der Waals surface area (Å²) in [5, 5.41) is 7.14. The Bertz CT molecular complexity index is 1380. The maximum Gasteiger partial charge on any atom is 0.258 e. The summed E-state index contributed by atoms with van der Waals surface area (Å²) in [5.74, 6) is 1.05. The summed E-state index contributed by atoms with van der Waals surface area (Å²) in [5.41, 5.74) is 4.21. The van der Waals surface area contributed by atoms with Gasteiger partial charge in [0.15, 0.2) is 6.61 Å². The minimum atomic E-state index is -0.318. The standard InChI is InChI=1S/C32H37N3O5/c1-38-18-17-23-11-14-27(15-12-23)40-22-32(37)35-26(19-25-20-33-29-9-5-4-8-28(25)29)21-34-31(36)16-13-24-7-3-6-10-30(24)39-2/h3-12,14-15,20,26,33H,13,16-19,21-22H2,1-2H3,(H,34,36)(H,35,37). The summed E-state index contributed by atoms with van der Waals surface area (Å²) in [4.78, 5) is 28.9. The Labute approximate surface area is 235 Å². The molecular formula is C32H37N3O5. The number of rotatable bonds is 15. The number of carbonyl (C=O) groups excluding carboxylic acids is 2. The lowest BCUT2D eigenvalue weighted by molar-refractivity contribution is -0.125. The second kappa shape index (κ2) is 14.7. The molecule has 0 aliphatic carbocycles. The maximum atomic E-state index is 12.9. The van der Waals surface area contributed by atoms with Crippen molar-refractivity contribution in [2.75, 3.05) is 34.0 Å². The molecule has 1 atom stereocenters. The topological polar surface area (TPSA) is 102 Å². The number of para-hydroxylation sites is 2. The van der Waals surface area contributed by atoms with Gasteiger partial charge in [0.05, 0.1) is 19.8 Å². The number of benzene rings is 3. The Kier molecular flexibility index (Phi) is 10.6. The SMILES string of the molecule is COCCc1ccc(OCC(=O)NC(CNC(=O)CCc2ccccc2OC)Cc2c[nH]c3ccccc23)cc1. The van der Waals surface area contributed by atoms with Gasteiger partial charge in [-0.3, -0.25) is 9.59 Å². The largest absolute Gasteiger partial charge is 0.496 e.